The number of amides is 1. The van der Waals surface area contributed by atoms with Gasteiger partial charge in [-0.3, -0.25) is 4.79 Å². The van der Waals surface area contributed by atoms with Crippen molar-refractivity contribution in [2.45, 2.75) is 33.7 Å². The molecule has 0 N–H and O–H groups in total. The van der Waals surface area contributed by atoms with E-state index in [4.69, 9.17) is 16.3 Å². The molecule has 0 saturated carbocycles. The Morgan fingerprint density at radius 2 is 1.89 bits per heavy atom. The molecule has 1 aromatic heterocycles. The molecule has 1 aliphatic rings. The zero-order chi connectivity index (χ0) is 19.6. The van der Waals surface area contributed by atoms with Crippen LogP contribution in [-0.2, 0) is 4.79 Å². The Hall–Kier alpha value is -2.34. The fourth-order valence-corrected chi connectivity index (χ4v) is 3.21. The average Bonchev–Trinajstić information content (AvgIpc) is 2.62. The van der Waals surface area contributed by atoms with Crippen LogP contribution in [0.4, 0.5) is 5.82 Å². The summed E-state index contributed by atoms with van der Waals surface area (Å²) in [4.78, 5) is 25.3. The van der Waals surface area contributed by atoms with Crippen molar-refractivity contribution >= 4 is 23.3 Å². The predicted molar refractivity (Wildman–Crippen MR) is 106 cm³/mol. The van der Waals surface area contributed by atoms with E-state index in [1.54, 1.807) is 24.3 Å². The van der Waals surface area contributed by atoms with E-state index in [-0.39, 0.29) is 17.4 Å². The Kier molecular flexibility index (Phi) is 5.56. The van der Waals surface area contributed by atoms with Crippen molar-refractivity contribution in [3.63, 3.8) is 0 Å². The Balaban J connectivity index is 1.69. The number of anilines is 1. The maximum absolute atomic E-state index is 12.6. The largest absolute Gasteiger partial charge is 0.439 e. The first-order chi connectivity index (χ1) is 12.7. The number of hydrogen-bond acceptors (Lipinski definition) is 5. The molecular weight excluding hydrogens is 364 g/mol. The average molecular weight is 389 g/mol. The number of carbonyl (C=O) groups is 1. The van der Waals surface area contributed by atoms with E-state index >= 15 is 0 Å². The van der Waals surface area contributed by atoms with Crippen molar-refractivity contribution in [2.75, 3.05) is 24.5 Å². The van der Waals surface area contributed by atoms with Gasteiger partial charge >= 0.3 is 0 Å². The standard InChI is InChI=1S/C20H25ClN4O2/c1-14-12-24(9-10-25(14)19(26)20(2,3)4)17-11-18(23-13-22-17)27-16-7-5-15(21)6-8-16/h5-8,11,13-14H,9-10,12H2,1-4H3. The van der Waals surface area contributed by atoms with Gasteiger partial charge in [-0.25, -0.2) is 9.97 Å². The third kappa shape index (κ3) is 4.69. The zero-order valence-electron chi connectivity index (χ0n) is 16.1. The van der Waals surface area contributed by atoms with Crippen molar-refractivity contribution in [1.82, 2.24) is 14.9 Å². The van der Waals surface area contributed by atoms with Gasteiger partial charge < -0.3 is 14.5 Å². The van der Waals surface area contributed by atoms with E-state index in [1.165, 1.54) is 6.33 Å². The van der Waals surface area contributed by atoms with Gasteiger partial charge in [0, 0.05) is 42.2 Å². The molecular formula is C20H25ClN4O2. The van der Waals surface area contributed by atoms with Crippen LogP contribution in [0.5, 0.6) is 11.6 Å². The summed E-state index contributed by atoms with van der Waals surface area (Å²) < 4.78 is 5.79. The molecule has 2 heterocycles. The summed E-state index contributed by atoms with van der Waals surface area (Å²) in [6, 6.07) is 9.06. The normalized spacial score (nSPS) is 17.7. The molecule has 0 spiro atoms. The van der Waals surface area contributed by atoms with Gasteiger partial charge in [0.1, 0.15) is 17.9 Å². The fraction of sp³-hybridized carbons (Fsp3) is 0.450. The van der Waals surface area contributed by atoms with Crippen LogP contribution in [0, 0.1) is 5.41 Å². The van der Waals surface area contributed by atoms with Crippen LogP contribution in [0.25, 0.3) is 0 Å². The second-order valence-corrected chi connectivity index (χ2v) is 8.25. The van der Waals surface area contributed by atoms with Gasteiger partial charge in [0.15, 0.2) is 0 Å². The predicted octanol–water partition coefficient (Wildman–Crippen LogP) is 4.01. The number of halogens is 1. The molecule has 0 bridgehead atoms. The third-order valence-corrected chi connectivity index (χ3v) is 4.77. The zero-order valence-corrected chi connectivity index (χ0v) is 16.9. The van der Waals surface area contributed by atoms with Crippen molar-refractivity contribution in [3.8, 4) is 11.6 Å². The maximum atomic E-state index is 12.6. The van der Waals surface area contributed by atoms with Gasteiger partial charge in [-0.1, -0.05) is 32.4 Å². The van der Waals surface area contributed by atoms with E-state index in [0.717, 1.165) is 18.9 Å². The molecule has 1 saturated heterocycles. The summed E-state index contributed by atoms with van der Waals surface area (Å²) in [5.41, 5.74) is -0.370. The van der Waals surface area contributed by atoms with E-state index in [9.17, 15) is 4.79 Å². The quantitative estimate of drug-likeness (QED) is 0.795. The van der Waals surface area contributed by atoms with Crippen LogP contribution in [0.2, 0.25) is 5.02 Å². The van der Waals surface area contributed by atoms with Gasteiger partial charge in [0.2, 0.25) is 11.8 Å². The van der Waals surface area contributed by atoms with Crippen LogP contribution in [0.1, 0.15) is 27.7 Å². The Labute approximate surface area is 165 Å². The number of aromatic nitrogens is 2. The molecule has 1 amide bonds. The molecule has 1 aromatic carbocycles. The van der Waals surface area contributed by atoms with Gasteiger partial charge in [0.25, 0.3) is 0 Å². The molecule has 0 aliphatic carbocycles. The molecule has 1 fully saturated rings. The Morgan fingerprint density at radius 1 is 1.19 bits per heavy atom. The topological polar surface area (TPSA) is 58.6 Å². The number of piperazine rings is 1. The number of carbonyl (C=O) groups excluding carboxylic acids is 1. The minimum absolute atomic E-state index is 0.112. The molecule has 1 atom stereocenters. The van der Waals surface area contributed by atoms with E-state index in [1.807, 2.05) is 31.7 Å². The van der Waals surface area contributed by atoms with Gasteiger partial charge in [-0.2, -0.15) is 0 Å². The lowest BCUT2D eigenvalue weighted by atomic mass is 9.93. The Morgan fingerprint density at radius 3 is 2.52 bits per heavy atom. The van der Waals surface area contributed by atoms with Gasteiger partial charge in [-0.15, -0.1) is 0 Å². The van der Waals surface area contributed by atoms with Gasteiger partial charge in [-0.05, 0) is 31.2 Å². The maximum Gasteiger partial charge on any atom is 0.228 e. The fourth-order valence-electron chi connectivity index (χ4n) is 3.08. The first kappa shape index (κ1) is 19.4. The summed E-state index contributed by atoms with van der Waals surface area (Å²) in [6.07, 6.45) is 1.50. The smallest absolute Gasteiger partial charge is 0.228 e. The lowest BCUT2D eigenvalue weighted by molar-refractivity contribution is -0.142. The highest BCUT2D eigenvalue weighted by Crippen LogP contribution is 2.26. The monoisotopic (exact) mass is 388 g/mol. The molecule has 2 aromatic rings. The lowest BCUT2D eigenvalue weighted by Gasteiger charge is -2.42. The number of benzene rings is 1. The first-order valence-electron chi connectivity index (χ1n) is 9.05. The van der Waals surface area contributed by atoms with Crippen molar-refractivity contribution in [3.05, 3.63) is 41.7 Å². The summed E-state index contributed by atoms with van der Waals surface area (Å²) in [5, 5.41) is 0.655. The first-order valence-corrected chi connectivity index (χ1v) is 9.43. The van der Waals surface area contributed by atoms with E-state index < -0.39 is 0 Å². The van der Waals surface area contributed by atoms with Crippen LogP contribution in [0.15, 0.2) is 36.7 Å². The summed E-state index contributed by atoms with van der Waals surface area (Å²) in [6.45, 7) is 10.1. The molecule has 144 valence electrons. The van der Waals surface area contributed by atoms with Crippen LogP contribution < -0.4 is 9.64 Å². The highest BCUT2D eigenvalue weighted by atomic mass is 35.5. The molecule has 0 radical (unpaired) electrons. The minimum atomic E-state index is -0.370. The second-order valence-electron chi connectivity index (χ2n) is 7.81. The third-order valence-electron chi connectivity index (χ3n) is 4.52. The van der Waals surface area contributed by atoms with Crippen LogP contribution in [0.3, 0.4) is 0 Å². The molecule has 1 aliphatic heterocycles. The molecule has 27 heavy (non-hydrogen) atoms. The molecule has 1 unspecified atom stereocenters. The molecule has 3 rings (SSSR count). The number of nitrogens with zero attached hydrogens (tertiary/aromatic N) is 4. The van der Waals surface area contributed by atoms with E-state index in [0.29, 0.717) is 23.2 Å². The second kappa shape index (κ2) is 7.72. The number of hydrogen-bond donors (Lipinski definition) is 0. The number of ether oxygens (including phenoxy) is 1. The van der Waals surface area contributed by atoms with Crippen LogP contribution in [-0.4, -0.2) is 46.5 Å². The molecule has 7 heteroatoms. The summed E-state index contributed by atoms with van der Waals surface area (Å²) in [7, 11) is 0. The highest BCUT2D eigenvalue weighted by molar-refractivity contribution is 6.30. The minimum Gasteiger partial charge on any atom is -0.439 e. The van der Waals surface area contributed by atoms with Crippen LogP contribution >= 0.6 is 11.6 Å². The van der Waals surface area contributed by atoms with Crippen molar-refractivity contribution in [1.29, 1.82) is 0 Å². The summed E-state index contributed by atoms with van der Waals surface area (Å²) in [5.74, 6) is 2.12. The van der Waals surface area contributed by atoms with Gasteiger partial charge in [0.05, 0.1) is 0 Å². The summed E-state index contributed by atoms with van der Waals surface area (Å²) >= 11 is 5.90. The SMILES string of the molecule is CC1CN(c2cc(Oc3ccc(Cl)cc3)ncn2)CCN1C(=O)C(C)(C)C. The van der Waals surface area contributed by atoms with Crippen molar-refractivity contribution in [2.24, 2.45) is 5.41 Å². The highest BCUT2D eigenvalue weighted by Gasteiger charge is 2.34. The number of rotatable bonds is 3. The van der Waals surface area contributed by atoms with E-state index in [2.05, 4.69) is 21.8 Å². The molecule has 6 nitrogen and oxygen atoms in total. The Bertz CT molecular complexity index is 804. The lowest BCUT2D eigenvalue weighted by Crippen LogP contribution is -2.56. The van der Waals surface area contributed by atoms with Crippen molar-refractivity contribution < 1.29 is 9.53 Å².